The highest BCUT2D eigenvalue weighted by Gasteiger charge is 2.33. The summed E-state index contributed by atoms with van der Waals surface area (Å²) in [6.07, 6.45) is 0.464. The van der Waals surface area contributed by atoms with Crippen molar-refractivity contribution in [3.8, 4) is 11.3 Å². The van der Waals surface area contributed by atoms with Gasteiger partial charge in [-0.15, -0.1) is 0 Å². The van der Waals surface area contributed by atoms with Crippen LogP contribution >= 0.6 is 0 Å². The van der Waals surface area contributed by atoms with E-state index in [9.17, 15) is 31.5 Å². The Kier molecular flexibility index (Phi) is 4.86. The number of nitrogens with one attached hydrogen (secondary N) is 1. The lowest BCUT2D eigenvalue weighted by Crippen LogP contribution is -2.17. The van der Waals surface area contributed by atoms with Gasteiger partial charge >= 0.3 is 6.18 Å². The van der Waals surface area contributed by atoms with Crippen LogP contribution in [0.4, 0.5) is 22.0 Å². The molecule has 0 saturated carbocycles. The third-order valence-corrected chi connectivity index (χ3v) is 5.27. The first-order chi connectivity index (χ1) is 16.5. The molecule has 5 rings (SSSR count). The Morgan fingerprint density at radius 1 is 1.06 bits per heavy atom. The molecule has 0 aliphatic heterocycles. The van der Waals surface area contributed by atoms with Gasteiger partial charge in [-0.3, -0.25) is 14.0 Å². The van der Waals surface area contributed by atoms with E-state index in [1.807, 2.05) is 0 Å². The highest BCUT2D eigenvalue weighted by Crippen LogP contribution is 2.30. The van der Waals surface area contributed by atoms with Crippen LogP contribution in [0.25, 0.3) is 28.1 Å². The molecule has 1 amide bonds. The third kappa shape index (κ3) is 3.66. The second kappa shape index (κ2) is 7.68. The number of hydrogen-bond acceptors (Lipinski definition) is 5. The molecule has 0 aliphatic rings. The van der Waals surface area contributed by atoms with Gasteiger partial charge in [0, 0.05) is 41.3 Å². The van der Waals surface area contributed by atoms with Gasteiger partial charge in [-0.1, -0.05) is 0 Å². The minimum atomic E-state index is -4.65. The van der Waals surface area contributed by atoms with Crippen molar-refractivity contribution < 1.29 is 31.5 Å². The Hall–Kier alpha value is -4.68. The van der Waals surface area contributed by atoms with Crippen molar-refractivity contribution in [2.45, 2.75) is 6.18 Å². The van der Waals surface area contributed by atoms with Gasteiger partial charge in [-0.2, -0.15) is 13.2 Å². The molecule has 0 saturated heterocycles. The summed E-state index contributed by atoms with van der Waals surface area (Å²) in [5.74, 6) is -5.04. The number of fused-ring (bicyclic) bond motifs is 2. The van der Waals surface area contributed by atoms with Crippen molar-refractivity contribution in [3.63, 3.8) is 0 Å². The molecule has 0 aliphatic carbocycles. The Morgan fingerprint density at radius 3 is 2.54 bits per heavy atom. The number of pyridine rings is 1. The Bertz CT molecular complexity index is 1670. The van der Waals surface area contributed by atoms with Crippen LogP contribution in [0.2, 0.25) is 0 Å². The van der Waals surface area contributed by atoms with E-state index in [4.69, 9.17) is 5.73 Å². The van der Waals surface area contributed by atoms with E-state index >= 15 is 0 Å². The topological polar surface area (TPSA) is 119 Å². The number of rotatable bonds is 4. The molecule has 0 spiro atoms. The van der Waals surface area contributed by atoms with Crippen LogP contribution in [-0.2, 0) is 6.18 Å². The minimum Gasteiger partial charge on any atom is -0.366 e. The lowest BCUT2D eigenvalue weighted by atomic mass is 9.99. The van der Waals surface area contributed by atoms with Gasteiger partial charge < -0.3 is 10.7 Å². The molecule has 0 bridgehead atoms. The van der Waals surface area contributed by atoms with Crippen LogP contribution in [0.15, 0.2) is 49.1 Å². The highest BCUT2D eigenvalue weighted by molar-refractivity contribution is 6.17. The number of halogens is 5. The summed E-state index contributed by atoms with van der Waals surface area (Å²) < 4.78 is 69.2. The van der Waals surface area contributed by atoms with E-state index < -0.39 is 46.3 Å². The molecule has 35 heavy (non-hydrogen) atoms. The minimum absolute atomic E-state index is 0.157. The second-order valence-electron chi connectivity index (χ2n) is 7.44. The van der Waals surface area contributed by atoms with Gasteiger partial charge in [0.25, 0.3) is 5.91 Å². The largest absolute Gasteiger partial charge is 0.433 e. The zero-order valence-corrected chi connectivity index (χ0v) is 17.2. The monoisotopic (exact) mass is 486 g/mol. The van der Waals surface area contributed by atoms with E-state index in [0.717, 1.165) is 24.4 Å². The number of H-pyrrole nitrogens is 1. The fraction of sp³-hybridized carbons (Fsp3) is 0.0455. The van der Waals surface area contributed by atoms with Crippen LogP contribution < -0.4 is 5.73 Å². The van der Waals surface area contributed by atoms with Gasteiger partial charge in [-0.05, 0) is 24.3 Å². The van der Waals surface area contributed by atoms with Crippen LogP contribution in [0.1, 0.15) is 32.0 Å². The normalized spacial score (nSPS) is 11.9. The van der Waals surface area contributed by atoms with E-state index in [1.54, 1.807) is 0 Å². The molecule has 0 atom stereocenters. The molecule has 3 N–H and O–H groups in total. The summed E-state index contributed by atoms with van der Waals surface area (Å²) >= 11 is 0. The fourth-order valence-corrected chi connectivity index (χ4v) is 3.59. The van der Waals surface area contributed by atoms with Gasteiger partial charge in [0.2, 0.25) is 11.6 Å². The van der Waals surface area contributed by atoms with Crippen molar-refractivity contribution >= 4 is 28.5 Å². The van der Waals surface area contributed by atoms with Gasteiger partial charge in [0.1, 0.15) is 23.0 Å². The first kappa shape index (κ1) is 22.1. The van der Waals surface area contributed by atoms with Crippen LogP contribution in [-0.4, -0.2) is 36.0 Å². The molecule has 4 aromatic heterocycles. The summed E-state index contributed by atoms with van der Waals surface area (Å²) in [6.45, 7) is 0. The number of amides is 1. The van der Waals surface area contributed by atoms with Crippen molar-refractivity contribution in [3.05, 3.63) is 83.1 Å². The Balaban J connectivity index is 1.61. The third-order valence-electron chi connectivity index (χ3n) is 5.27. The molecule has 1 aromatic carbocycles. The average Bonchev–Trinajstić information content (AvgIpc) is 3.41. The van der Waals surface area contributed by atoms with E-state index in [-0.39, 0.29) is 28.1 Å². The summed E-state index contributed by atoms with van der Waals surface area (Å²) in [4.78, 5) is 38.9. The predicted molar refractivity (Wildman–Crippen MR) is 111 cm³/mol. The fourth-order valence-electron chi connectivity index (χ4n) is 3.59. The van der Waals surface area contributed by atoms with Crippen LogP contribution in [0, 0.1) is 11.6 Å². The summed E-state index contributed by atoms with van der Waals surface area (Å²) in [5.41, 5.74) is 2.89. The number of primary amides is 1. The zero-order valence-electron chi connectivity index (χ0n) is 17.2. The molecule has 176 valence electrons. The number of imidazole rings is 1. The summed E-state index contributed by atoms with van der Waals surface area (Å²) in [6, 6.07) is 3.83. The second-order valence-corrected chi connectivity index (χ2v) is 7.44. The number of nitrogens with zero attached hydrogens (tertiary/aromatic N) is 4. The smallest absolute Gasteiger partial charge is 0.366 e. The van der Waals surface area contributed by atoms with E-state index in [0.29, 0.717) is 5.56 Å². The standard InChI is InChI=1S/C22H11F5N6O2/c23-13-2-1-10(19(28)35)17(24)16(13)18(34)12-7-30-20-11(12)5-9(6-29-20)14-8-33-4-3-15(22(25,26)27)32-21(33)31-14/h1-8H,(H2,28,35)(H,29,30). The number of hydrogen-bond donors (Lipinski definition) is 2. The number of benzene rings is 1. The molecular formula is C22H11F5N6O2. The van der Waals surface area contributed by atoms with Gasteiger partial charge in [0.15, 0.2) is 0 Å². The summed E-state index contributed by atoms with van der Waals surface area (Å²) in [5, 5.41) is 0.164. The average molecular weight is 486 g/mol. The molecule has 0 radical (unpaired) electrons. The van der Waals surface area contributed by atoms with Crippen LogP contribution in [0.5, 0.6) is 0 Å². The maximum Gasteiger partial charge on any atom is 0.433 e. The zero-order chi connectivity index (χ0) is 25.1. The van der Waals surface area contributed by atoms with Crippen LogP contribution in [0.3, 0.4) is 0 Å². The molecule has 8 nitrogen and oxygen atoms in total. The quantitative estimate of drug-likeness (QED) is 0.295. The Labute approximate surface area is 191 Å². The number of aromatic nitrogens is 5. The molecule has 0 unspecified atom stereocenters. The summed E-state index contributed by atoms with van der Waals surface area (Å²) in [7, 11) is 0. The maximum atomic E-state index is 14.7. The molecule has 13 heteroatoms. The number of alkyl halides is 3. The van der Waals surface area contributed by atoms with E-state index in [1.165, 1.54) is 29.1 Å². The highest BCUT2D eigenvalue weighted by atomic mass is 19.4. The van der Waals surface area contributed by atoms with Crippen molar-refractivity contribution in [2.24, 2.45) is 5.73 Å². The first-order valence-corrected chi connectivity index (χ1v) is 9.77. The number of carbonyl (C=O) groups is 2. The van der Waals surface area contributed by atoms with Gasteiger partial charge in [0.05, 0.1) is 16.8 Å². The Morgan fingerprint density at radius 2 is 1.83 bits per heavy atom. The first-order valence-electron chi connectivity index (χ1n) is 9.77. The van der Waals surface area contributed by atoms with Crippen molar-refractivity contribution in [1.82, 2.24) is 24.3 Å². The number of carbonyl (C=O) groups excluding carboxylic acids is 2. The molecule has 0 fully saturated rings. The predicted octanol–water partition coefficient (Wildman–Crippen LogP) is 3.90. The van der Waals surface area contributed by atoms with E-state index in [2.05, 4.69) is 19.9 Å². The van der Waals surface area contributed by atoms with Gasteiger partial charge in [-0.25, -0.2) is 23.7 Å². The lowest BCUT2D eigenvalue weighted by Gasteiger charge is -2.07. The molecule has 4 heterocycles. The molecule has 5 aromatic rings. The van der Waals surface area contributed by atoms with Crippen molar-refractivity contribution in [1.29, 1.82) is 0 Å². The van der Waals surface area contributed by atoms with Crippen molar-refractivity contribution in [2.75, 3.05) is 0 Å². The maximum absolute atomic E-state index is 14.7. The number of aromatic amines is 1. The number of ketones is 1. The molecular weight excluding hydrogens is 475 g/mol. The number of nitrogens with two attached hydrogens (primary N) is 1. The SMILES string of the molecule is NC(=O)c1ccc(F)c(C(=O)c2c[nH]c3ncc(-c4cn5ccc(C(F)(F)F)nc5n4)cc23)c1F. The lowest BCUT2D eigenvalue weighted by molar-refractivity contribution is -0.141.